The Balaban J connectivity index is 1.94. The lowest BCUT2D eigenvalue weighted by Crippen LogP contribution is -2.18. The van der Waals surface area contributed by atoms with Gasteiger partial charge in [0.1, 0.15) is 16.9 Å². The Morgan fingerprint density at radius 3 is 2.72 bits per heavy atom. The predicted octanol–water partition coefficient (Wildman–Crippen LogP) is 4.78. The summed E-state index contributed by atoms with van der Waals surface area (Å²) in [6, 6.07) is 14.8. The fourth-order valence-corrected chi connectivity index (χ4v) is 3.75. The van der Waals surface area contributed by atoms with Crippen LogP contribution in [0.25, 0.3) is 27.0 Å². The van der Waals surface area contributed by atoms with Crippen molar-refractivity contribution < 1.29 is 4.74 Å². The molecule has 0 spiro atoms. The molecule has 0 unspecified atom stereocenters. The molecule has 2 heterocycles. The maximum Gasteiger partial charge on any atom is 0.267 e. The zero-order chi connectivity index (χ0) is 17.4. The SMILES string of the molecule is COc1cccc(-n2cnc3scc(-c4ccc(Cl)cc4)c3c2=O)c1. The second kappa shape index (κ2) is 6.35. The number of halogens is 1. The maximum atomic E-state index is 13.1. The summed E-state index contributed by atoms with van der Waals surface area (Å²) < 4.78 is 6.79. The van der Waals surface area contributed by atoms with Crippen LogP contribution in [-0.2, 0) is 0 Å². The topological polar surface area (TPSA) is 44.1 Å². The molecule has 0 aliphatic heterocycles. The van der Waals surface area contributed by atoms with Gasteiger partial charge < -0.3 is 4.74 Å². The van der Waals surface area contributed by atoms with Gasteiger partial charge in [-0.1, -0.05) is 29.8 Å². The second-order valence-corrected chi connectivity index (χ2v) is 6.75. The molecule has 25 heavy (non-hydrogen) atoms. The van der Waals surface area contributed by atoms with E-state index in [0.29, 0.717) is 26.7 Å². The molecule has 4 rings (SSSR count). The lowest BCUT2D eigenvalue weighted by molar-refractivity contribution is 0.414. The third-order valence-electron chi connectivity index (χ3n) is 3.98. The zero-order valence-corrected chi connectivity index (χ0v) is 14.8. The van der Waals surface area contributed by atoms with Crippen LogP contribution in [0.3, 0.4) is 0 Å². The molecule has 0 fully saturated rings. The molecule has 0 atom stereocenters. The summed E-state index contributed by atoms with van der Waals surface area (Å²) in [6.45, 7) is 0. The standard InChI is InChI=1S/C19H13ClN2O2S/c1-24-15-4-2-3-14(9-15)22-11-21-18-17(19(22)23)16(10-25-18)12-5-7-13(20)8-6-12/h2-11H,1H3. The number of hydrogen-bond donors (Lipinski definition) is 0. The highest BCUT2D eigenvalue weighted by molar-refractivity contribution is 7.17. The molecular formula is C19H13ClN2O2S. The fourth-order valence-electron chi connectivity index (χ4n) is 2.72. The lowest BCUT2D eigenvalue weighted by atomic mass is 10.1. The Kier molecular flexibility index (Phi) is 4.03. The Labute approximate surface area is 152 Å². The highest BCUT2D eigenvalue weighted by atomic mass is 35.5. The van der Waals surface area contributed by atoms with E-state index in [1.165, 1.54) is 15.9 Å². The molecule has 0 amide bonds. The Morgan fingerprint density at radius 2 is 1.96 bits per heavy atom. The van der Waals surface area contributed by atoms with Crippen molar-refractivity contribution in [2.24, 2.45) is 0 Å². The Hall–Kier alpha value is -2.63. The van der Waals surface area contributed by atoms with E-state index in [-0.39, 0.29) is 5.56 Å². The highest BCUT2D eigenvalue weighted by Gasteiger charge is 2.14. The third kappa shape index (κ3) is 2.81. The van der Waals surface area contributed by atoms with Crippen molar-refractivity contribution in [1.29, 1.82) is 0 Å². The number of methoxy groups -OCH3 is 1. The summed E-state index contributed by atoms with van der Waals surface area (Å²) in [7, 11) is 1.60. The number of hydrogen-bond acceptors (Lipinski definition) is 4. The van der Waals surface area contributed by atoms with Crippen molar-refractivity contribution in [2.45, 2.75) is 0 Å². The summed E-state index contributed by atoms with van der Waals surface area (Å²) >= 11 is 7.43. The molecule has 0 bridgehead atoms. The van der Waals surface area contributed by atoms with E-state index in [1.54, 1.807) is 13.4 Å². The molecular weight excluding hydrogens is 356 g/mol. The van der Waals surface area contributed by atoms with E-state index in [4.69, 9.17) is 16.3 Å². The maximum absolute atomic E-state index is 13.1. The molecule has 124 valence electrons. The number of benzene rings is 2. The minimum atomic E-state index is -0.107. The van der Waals surface area contributed by atoms with Gasteiger partial charge in [-0.25, -0.2) is 4.98 Å². The summed E-state index contributed by atoms with van der Waals surface area (Å²) in [5, 5.41) is 3.23. The van der Waals surface area contributed by atoms with Gasteiger partial charge in [0.05, 0.1) is 18.2 Å². The van der Waals surface area contributed by atoms with Gasteiger partial charge in [0.2, 0.25) is 0 Å². The number of rotatable bonds is 3. The first kappa shape index (κ1) is 15.9. The van der Waals surface area contributed by atoms with E-state index < -0.39 is 0 Å². The first-order valence-electron chi connectivity index (χ1n) is 7.56. The highest BCUT2D eigenvalue weighted by Crippen LogP contribution is 2.31. The van der Waals surface area contributed by atoms with Crippen LogP contribution in [0.15, 0.2) is 65.0 Å². The molecule has 0 saturated carbocycles. The molecule has 4 nitrogen and oxygen atoms in total. The van der Waals surface area contributed by atoms with Crippen LogP contribution in [0.4, 0.5) is 0 Å². The summed E-state index contributed by atoms with van der Waals surface area (Å²) in [6.07, 6.45) is 1.56. The fraction of sp³-hybridized carbons (Fsp3) is 0.0526. The van der Waals surface area contributed by atoms with Crippen LogP contribution in [0, 0.1) is 0 Å². The van der Waals surface area contributed by atoms with Crippen LogP contribution in [0.2, 0.25) is 5.02 Å². The van der Waals surface area contributed by atoms with Crippen LogP contribution in [0.1, 0.15) is 0 Å². The number of thiophene rings is 1. The summed E-state index contributed by atoms with van der Waals surface area (Å²) in [4.78, 5) is 18.3. The molecule has 2 aromatic heterocycles. The molecule has 4 aromatic rings. The average molecular weight is 369 g/mol. The first-order chi connectivity index (χ1) is 12.2. The van der Waals surface area contributed by atoms with E-state index in [1.807, 2.05) is 53.9 Å². The van der Waals surface area contributed by atoms with E-state index >= 15 is 0 Å². The van der Waals surface area contributed by atoms with Crippen LogP contribution >= 0.6 is 22.9 Å². The van der Waals surface area contributed by atoms with Crippen molar-refractivity contribution in [1.82, 2.24) is 9.55 Å². The summed E-state index contributed by atoms with van der Waals surface area (Å²) in [5.74, 6) is 0.688. The first-order valence-corrected chi connectivity index (χ1v) is 8.82. The minimum absolute atomic E-state index is 0.107. The van der Waals surface area contributed by atoms with Gasteiger partial charge in [-0.15, -0.1) is 11.3 Å². The molecule has 0 saturated heterocycles. The minimum Gasteiger partial charge on any atom is -0.497 e. The number of ether oxygens (including phenoxy) is 1. The van der Waals surface area contributed by atoms with Crippen LogP contribution in [-0.4, -0.2) is 16.7 Å². The monoisotopic (exact) mass is 368 g/mol. The van der Waals surface area contributed by atoms with Gasteiger partial charge in [0.15, 0.2) is 0 Å². The number of fused-ring (bicyclic) bond motifs is 1. The predicted molar refractivity (Wildman–Crippen MR) is 102 cm³/mol. The van der Waals surface area contributed by atoms with Crippen molar-refractivity contribution in [3.63, 3.8) is 0 Å². The van der Waals surface area contributed by atoms with Crippen molar-refractivity contribution in [3.05, 3.63) is 75.6 Å². The van der Waals surface area contributed by atoms with Gasteiger partial charge in [-0.2, -0.15) is 0 Å². The normalized spacial score (nSPS) is 11.0. The largest absolute Gasteiger partial charge is 0.497 e. The third-order valence-corrected chi connectivity index (χ3v) is 5.12. The molecule has 0 aliphatic rings. The van der Waals surface area contributed by atoms with Crippen molar-refractivity contribution in [3.8, 4) is 22.6 Å². The molecule has 6 heteroatoms. The smallest absolute Gasteiger partial charge is 0.267 e. The van der Waals surface area contributed by atoms with E-state index in [9.17, 15) is 4.79 Å². The number of aromatic nitrogens is 2. The zero-order valence-electron chi connectivity index (χ0n) is 13.3. The van der Waals surface area contributed by atoms with Gasteiger partial charge in [-0.3, -0.25) is 9.36 Å². The quantitative estimate of drug-likeness (QED) is 0.523. The molecule has 0 N–H and O–H groups in total. The van der Waals surface area contributed by atoms with Gasteiger partial charge in [0, 0.05) is 22.0 Å². The lowest BCUT2D eigenvalue weighted by Gasteiger charge is -2.08. The van der Waals surface area contributed by atoms with Crippen molar-refractivity contribution >= 4 is 33.2 Å². The molecule has 0 radical (unpaired) electrons. The Morgan fingerprint density at radius 1 is 1.16 bits per heavy atom. The van der Waals surface area contributed by atoms with Crippen LogP contribution in [0.5, 0.6) is 5.75 Å². The van der Waals surface area contributed by atoms with E-state index in [0.717, 1.165) is 11.1 Å². The van der Waals surface area contributed by atoms with Gasteiger partial charge in [0.25, 0.3) is 5.56 Å². The Bertz CT molecular complexity index is 1120. The molecule has 0 aliphatic carbocycles. The number of nitrogens with zero attached hydrogens (tertiary/aromatic N) is 2. The van der Waals surface area contributed by atoms with Gasteiger partial charge >= 0.3 is 0 Å². The summed E-state index contributed by atoms with van der Waals surface area (Å²) in [5.41, 5.74) is 2.42. The van der Waals surface area contributed by atoms with E-state index in [2.05, 4.69) is 4.98 Å². The van der Waals surface area contributed by atoms with Crippen LogP contribution < -0.4 is 10.3 Å². The van der Waals surface area contributed by atoms with Crippen molar-refractivity contribution in [2.75, 3.05) is 7.11 Å². The second-order valence-electron chi connectivity index (χ2n) is 5.46. The molecule has 2 aromatic carbocycles. The average Bonchev–Trinajstić information content (AvgIpc) is 3.08. The van der Waals surface area contributed by atoms with Gasteiger partial charge in [-0.05, 0) is 29.8 Å².